The first-order valence-corrected chi connectivity index (χ1v) is 8.68. The molecule has 2 N–H and O–H groups in total. The van der Waals surface area contributed by atoms with E-state index < -0.39 is 12.0 Å². The number of amides is 2. The number of aliphatic carboxylic acids is 1. The van der Waals surface area contributed by atoms with E-state index in [0.29, 0.717) is 19.0 Å². The highest BCUT2D eigenvalue weighted by Crippen LogP contribution is 2.42. The number of rotatable bonds is 3. The Labute approximate surface area is 135 Å². The van der Waals surface area contributed by atoms with Crippen LogP contribution in [0.25, 0.3) is 0 Å². The van der Waals surface area contributed by atoms with Crippen molar-refractivity contribution in [1.29, 1.82) is 0 Å². The number of nitrogens with zero attached hydrogens (tertiary/aromatic N) is 1. The summed E-state index contributed by atoms with van der Waals surface area (Å²) >= 11 is 4.95. The summed E-state index contributed by atoms with van der Waals surface area (Å²) in [5, 5.41) is 12.3. The van der Waals surface area contributed by atoms with Crippen molar-refractivity contribution in [2.45, 2.75) is 31.8 Å². The van der Waals surface area contributed by atoms with E-state index in [2.05, 4.69) is 21.2 Å². The van der Waals surface area contributed by atoms with Crippen LogP contribution < -0.4 is 5.32 Å². The van der Waals surface area contributed by atoms with Crippen LogP contribution in [0, 0.1) is 11.8 Å². The van der Waals surface area contributed by atoms with Crippen LogP contribution in [0.1, 0.15) is 24.1 Å². The van der Waals surface area contributed by atoms with Gasteiger partial charge in [0, 0.05) is 11.4 Å². The largest absolute Gasteiger partial charge is 0.480 e. The highest BCUT2D eigenvalue weighted by atomic mass is 79.9. The third kappa shape index (κ3) is 2.94. The van der Waals surface area contributed by atoms with Gasteiger partial charge in [-0.05, 0) is 52.7 Å². The smallest absolute Gasteiger partial charge is 0.326 e. The third-order valence-corrected chi connectivity index (χ3v) is 6.07. The van der Waals surface area contributed by atoms with Crippen molar-refractivity contribution in [3.05, 3.63) is 20.8 Å². The lowest BCUT2D eigenvalue weighted by molar-refractivity contribution is -0.142. The molecule has 1 saturated heterocycles. The average molecular weight is 373 g/mol. The first-order chi connectivity index (χ1) is 10.1. The predicted molar refractivity (Wildman–Crippen MR) is 83.2 cm³/mol. The van der Waals surface area contributed by atoms with Gasteiger partial charge in [-0.15, -0.1) is 11.3 Å². The molecular formula is C14H17BrN2O3S. The molecule has 3 rings (SSSR count). The van der Waals surface area contributed by atoms with Crippen LogP contribution in [-0.2, 0) is 11.3 Å². The molecule has 3 atom stereocenters. The van der Waals surface area contributed by atoms with Crippen molar-refractivity contribution in [2.75, 3.05) is 6.54 Å². The number of hydrogen-bond acceptors (Lipinski definition) is 3. The molecule has 2 amide bonds. The second-order valence-electron chi connectivity index (χ2n) is 5.65. The molecule has 1 aliphatic carbocycles. The number of carboxylic acid groups (broad SMARTS) is 1. The van der Waals surface area contributed by atoms with Gasteiger partial charge < -0.3 is 15.3 Å². The summed E-state index contributed by atoms with van der Waals surface area (Å²) in [4.78, 5) is 26.4. The van der Waals surface area contributed by atoms with Crippen molar-refractivity contribution in [3.8, 4) is 0 Å². The summed E-state index contributed by atoms with van der Waals surface area (Å²) < 4.78 is 1.02. The van der Waals surface area contributed by atoms with E-state index in [0.717, 1.165) is 27.9 Å². The SMILES string of the molecule is O=C(O)C1C2CCCC2CN1C(=O)NCc1ccc(Br)s1. The summed E-state index contributed by atoms with van der Waals surface area (Å²) in [6.07, 6.45) is 3.04. The second kappa shape index (κ2) is 5.96. The van der Waals surface area contributed by atoms with Gasteiger partial charge in [0.2, 0.25) is 0 Å². The van der Waals surface area contributed by atoms with Gasteiger partial charge in [0.05, 0.1) is 10.3 Å². The molecule has 2 fully saturated rings. The monoisotopic (exact) mass is 372 g/mol. The molecule has 1 saturated carbocycles. The quantitative estimate of drug-likeness (QED) is 0.856. The molecule has 7 heteroatoms. The van der Waals surface area contributed by atoms with Crippen LogP contribution in [0.4, 0.5) is 4.79 Å². The molecule has 1 aliphatic heterocycles. The van der Waals surface area contributed by atoms with Crippen molar-refractivity contribution in [3.63, 3.8) is 0 Å². The Hall–Kier alpha value is -1.08. The van der Waals surface area contributed by atoms with Crippen molar-refractivity contribution in [1.82, 2.24) is 10.2 Å². The molecule has 0 spiro atoms. The van der Waals surface area contributed by atoms with Crippen LogP contribution in [0.15, 0.2) is 15.9 Å². The van der Waals surface area contributed by atoms with Crippen LogP contribution >= 0.6 is 27.3 Å². The number of carbonyl (C=O) groups excluding carboxylic acids is 1. The minimum atomic E-state index is -0.876. The predicted octanol–water partition coefficient (Wildman–Crippen LogP) is 2.91. The molecule has 21 heavy (non-hydrogen) atoms. The highest BCUT2D eigenvalue weighted by Gasteiger charge is 2.49. The summed E-state index contributed by atoms with van der Waals surface area (Å²) in [5.41, 5.74) is 0. The van der Waals surface area contributed by atoms with Gasteiger partial charge in [-0.1, -0.05) is 6.42 Å². The first-order valence-electron chi connectivity index (χ1n) is 7.07. The summed E-state index contributed by atoms with van der Waals surface area (Å²) in [6, 6.07) is 2.96. The van der Waals surface area contributed by atoms with Gasteiger partial charge in [-0.3, -0.25) is 0 Å². The molecule has 5 nitrogen and oxygen atoms in total. The fourth-order valence-corrected chi connectivity index (χ4v) is 4.96. The summed E-state index contributed by atoms with van der Waals surface area (Å²) in [5.74, 6) is -0.393. The first kappa shape index (κ1) is 14.8. The van der Waals surface area contributed by atoms with E-state index in [-0.39, 0.29) is 11.9 Å². The molecule has 0 aromatic carbocycles. The highest BCUT2D eigenvalue weighted by molar-refractivity contribution is 9.11. The zero-order valence-corrected chi connectivity index (χ0v) is 13.8. The van der Waals surface area contributed by atoms with E-state index in [1.54, 1.807) is 11.3 Å². The maximum atomic E-state index is 12.3. The molecule has 114 valence electrons. The Kier molecular flexibility index (Phi) is 4.21. The number of carboxylic acids is 1. The maximum absolute atomic E-state index is 12.3. The number of halogens is 1. The molecule has 2 heterocycles. The fourth-order valence-electron chi connectivity index (χ4n) is 3.54. The zero-order chi connectivity index (χ0) is 15.0. The Bertz CT molecular complexity index is 562. The molecule has 3 unspecified atom stereocenters. The summed E-state index contributed by atoms with van der Waals surface area (Å²) in [7, 11) is 0. The average Bonchev–Trinajstić information content (AvgIpc) is 3.09. The van der Waals surface area contributed by atoms with Gasteiger partial charge in [-0.2, -0.15) is 0 Å². The van der Waals surface area contributed by atoms with Gasteiger partial charge >= 0.3 is 12.0 Å². The van der Waals surface area contributed by atoms with Crippen molar-refractivity contribution in [2.24, 2.45) is 11.8 Å². The Balaban J connectivity index is 1.64. The number of hydrogen-bond donors (Lipinski definition) is 2. The van der Waals surface area contributed by atoms with Crippen molar-refractivity contribution >= 4 is 39.3 Å². The lowest BCUT2D eigenvalue weighted by atomic mass is 9.94. The van der Waals surface area contributed by atoms with Crippen molar-refractivity contribution < 1.29 is 14.7 Å². The van der Waals surface area contributed by atoms with E-state index in [1.165, 1.54) is 4.90 Å². The molecular weight excluding hydrogens is 356 g/mol. The van der Waals surface area contributed by atoms with Crippen LogP contribution in [0.5, 0.6) is 0 Å². The maximum Gasteiger partial charge on any atom is 0.326 e. The lowest BCUT2D eigenvalue weighted by Crippen LogP contribution is -2.47. The number of thiophene rings is 1. The minimum Gasteiger partial charge on any atom is -0.480 e. The molecule has 1 aromatic heterocycles. The fraction of sp³-hybridized carbons (Fsp3) is 0.571. The van der Waals surface area contributed by atoms with E-state index in [9.17, 15) is 14.7 Å². The van der Waals surface area contributed by atoms with E-state index in [4.69, 9.17) is 0 Å². The molecule has 0 bridgehead atoms. The van der Waals surface area contributed by atoms with Crippen LogP contribution in [-0.4, -0.2) is 34.6 Å². The van der Waals surface area contributed by atoms with E-state index in [1.807, 2.05) is 12.1 Å². The normalized spacial score (nSPS) is 27.7. The van der Waals surface area contributed by atoms with E-state index >= 15 is 0 Å². The molecule has 1 aromatic rings. The number of likely N-dealkylation sites (tertiary alicyclic amines) is 1. The molecule has 0 radical (unpaired) electrons. The minimum absolute atomic E-state index is 0.129. The Morgan fingerprint density at radius 1 is 1.43 bits per heavy atom. The topological polar surface area (TPSA) is 69.6 Å². The van der Waals surface area contributed by atoms with Gasteiger partial charge in [0.15, 0.2) is 0 Å². The van der Waals surface area contributed by atoms with Gasteiger partial charge in [0.25, 0.3) is 0 Å². The summed E-state index contributed by atoms with van der Waals surface area (Å²) in [6.45, 7) is 1.01. The number of fused-ring (bicyclic) bond motifs is 1. The zero-order valence-electron chi connectivity index (χ0n) is 11.4. The molecule has 2 aliphatic rings. The second-order valence-corrected chi connectivity index (χ2v) is 8.20. The lowest BCUT2D eigenvalue weighted by Gasteiger charge is -2.24. The third-order valence-electron chi connectivity index (χ3n) is 4.45. The van der Waals surface area contributed by atoms with Crippen LogP contribution in [0.2, 0.25) is 0 Å². The van der Waals surface area contributed by atoms with Gasteiger partial charge in [-0.25, -0.2) is 9.59 Å². The van der Waals surface area contributed by atoms with Gasteiger partial charge in [0.1, 0.15) is 6.04 Å². The number of nitrogens with one attached hydrogen (secondary N) is 1. The standard InChI is InChI=1S/C14H17BrN2O3S/c15-11-5-4-9(21-11)6-16-14(20)17-7-8-2-1-3-10(8)12(17)13(18)19/h4-5,8,10,12H,1-3,6-7H2,(H,16,20)(H,18,19). The Morgan fingerprint density at radius 3 is 2.90 bits per heavy atom. The number of carbonyl (C=O) groups is 2. The number of urea groups is 1. The van der Waals surface area contributed by atoms with Crippen LogP contribution in [0.3, 0.4) is 0 Å². The Morgan fingerprint density at radius 2 is 2.24 bits per heavy atom.